The van der Waals surface area contributed by atoms with E-state index in [9.17, 15) is 19.2 Å². The quantitative estimate of drug-likeness (QED) is 0.0193. The number of likely N-dealkylation sites (N-methyl/N-ethyl adjacent to an activating group) is 2. The van der Waals surface area contributed by atoms with Crippen molar-refractivity contribution in [3.63, 3.8) is 0 Å². The van der Waals surface area contributed by atoms with Crippen molar-refractivity contribution in [2.75, 3.05) is 176 Å². The smallest absolute Gasteiger partial charge is 0.314 e. The van der Waals surface area contributed by atoms with Gasteiger partial charge < -0.3 is 91.8 Å². The van der Waals surface area contributed by atoms with Gasteiger partial charge in [0.05, 0.1) is 107 Å². The lowest BCUT2D eigenvalue weighted by molar-refractivity contribution is -0.914. The van der Waals surface area contributed by atoms with Crippen LogP contribution in [0.5, 0.6) is 11.5 Å². The van der Waals surface area contributed by atoms with Crippen LogP contribution in [0.1, 0.15) is 97.3 Å². The van der Waals surface area contributed by atoms with Crippen molar-refractivity contribution in [2.24, 2.45) is 0 Å². The van der Waals surface area contributed by atoms with Crippen LogP contribution in [0.4, 0.5) is 32.9 Å². The first-order valence-electron chi connectivity index (χ1n) is 30.9. The van der Waals surface area contributed by atoms with Gasteiger partial charge >= 0.3 is 12.1 Å². The van der Waals surface area contributed by atoms with E-state index in [-0.39, 0.29) is 63.3 Å². The molecular weight excluding hydrogens is 1190 g/mol. The summed E-state index contributed by atoms with van der Waals surface area (Å²) in [6.45, 7) is 12.6. The number of carbonyl (C=O) groups is 4. The zero-order valence-electron chi connectivity index (χ0n) is 53.3. The van der Waals surface area contributed by atoms with Crippen LogP contribution in [0, 0.1) is 0 Å². The molecule has 28 heteroatoms. The van der Waals surface area contributed by atoms with E-state index in [1.54, 1.807) is 7.05 Å². The average Bonchev–Trinajstić information content (AvgIpc) is 2.84. The van der Waals surface area contributed by atoms with Crippen molar-refractivity contribution in [1.29, 1.82) is 0 Å². The van der Waals surface area contributed by atoms with Crippen molar-refractivity contribution >= 4 is 70.3 Å². The van der Waals surface area contributed by atoms with Gasteiger partial charge in [-0.3, -0.25) is 9.59 Å². The number of hydrogen-bond acceptors (Lipinski definition) is 18. The number of nitrogens with one attached hydrogen (secondary N) is 7. The van der Waals surface area contributed by atoms with Crippen molar-refractivity contribution in [3.8, 4) is 11.5 Å². The van der Waals surface area contributed by atoms with E-state index in [0.29, 0.717) is 124 Å². The molecule has 2 atom stereocenters. The van der Waals surface area contributed by atoms with Crippen LogP contribution in [-0.4, -0.2) is 219 Å². The van der Waals surface area contributed by atoms with Gasteiger partial charge in [0.25, 0.3) is 11.8 Å². The number of nitrogen functional groups attached to an aromatic ring is 3. The number of nitrogens with zero attached hydrogens (tertiary/aromatic N) is 6. The molecule has 0 aliphatic rings. The number of urea groups is 2. The fourth-order valence-electron chi connectivity index (χ4n) is 9.60. The standard InChI is InChI=1S/C61H98Cl2N16O10/c1-8-14-46(42-72-58(80)50-54(64)76-56(66)52(62)74-50)78(4,5)30-12-16-44-18-22-48(23-19-44)88-40-38-86-36-34-84-32-28-70-60(82)68-26-10-11-27-69-61(83)71-29-33-85-35-37-87-39-41-89-49-24-20-45(21-25-49)17-13-31-79(6,7)47(15-9-2)43-73-59(81)51-55(65)77-57(67-3)53(63)75-51/h18-25,46-47H,8-17,26-43H2,1-7H3,(H11-2,64,65,66,67,68,69,70,71,72,73,76,77,80,81,82,83)/p+2. The number of aromatic nitrogens is 4. The number of hydrogen-bond donors (Lipinski definition) is 10. The van der Waals surface area contributed by atoms with Crippen LogP contribution in [0.15, 0.2) is 48.5 Å². The van der Waals surface area contributed by atoms with E-state index in [1.807, 2.05) is 24.3 Å². The van der Waals surface area contributed by atoms with Crippen molar-refractivity contribution in [2.45, 2.75) is 90.1 Å². The molecule has 0 bridgehead atoms. The Morgan fingerprint density at radius 2 is 0.865 bits per heavy atom. The number of halogens is 2. The largest absolute Gasteiger partial charge is 0.491 e. The fraction of sp³-hybridized carbons (Fsp3) is 0.607. The summed E-state index contributed by atoms with van der Waals surface area (Å²) in [6.07, 6.45) is 8.99. The minimum atomic E-state index is -0.432. The predicted molar refractivity (Wildman–Crippen MR) is 349 cm³/mol. The number of benzene rings is 2. The molecule has 496 valence electrons. The molecule has 0 spiro atoms. The molecule has 26 nitrogen and oxygen atoms in total. The first-order chi connectivity index (χ1) is 42.8. The predicted octanol–water partition coefficient (Wildman–Crippen LogP) is 5.48. The van der Waals surface area contributed by atoms with E-state index in [4.69, 9.17) is 68.8 Å². The lowest BCUT2D eigenvalue weighted by Gasteiger charge is -2.38. The molecular formula is C61H100Cl2N16O10+2. The molecule has 89 heavy (non-hydrogen) atoms. The molecule has 0 fully saturated rings. The normalized spacial score (nSPS) is 12.2. The Labute approximate surface area is 535 Å². The Hall–Kier alpha value is -6.78. The number of anilines is 4. The van der Waals surface area contributed by atoms with Gasteiger partial charge in [-0.15, -0.1) is 0 Å². The lowest BCUT2D eigenvalue weighted by Crippen LogP contribution is -2.54. The van der Waals surface area contributed by atoms with Crippen molar-refractivity contribution in [1.82, 2.24) is 51.8 Å². The summed E-state index contributed by atoms with van der Waals surface area (Å²) >= 11 is 12.1. The molecule has 2 unspecified atom stereocenters. The molecule has 0 aliphatic carbocycles. The number of aryl methyl sites for hydroxylation is 2. The van der Waals surface area contributed by atoms with E-state index in [1.165, 1.54) is 11.1 Å². The first kappa shape index (κ1) is 74.7. The van der Waals surface area contributed by atoms with Crippen LogP contribution in [0.25, 0.3) is 0 Å². The Morgan fingerprint density at radius 3 is 1.28 bits per heavy atom. The SMILES string of the molecule is CCCC(CNC(=O)c1nc(Cl)c(N)nc1N)[N+](C)(C)CCCc1ccc(OCCOCCOCCNC(=O)NCCCCNC(=O)NCCOCCOCCOc2ccc(CCC[N+](C)(C)C(CCC)CNC(=O)c3nc(Cl)c(NC)nc3N)cc2)cc1. The minimum absolute atomic E-state index is 0.0174. The van der Waals surface area contributed by atoms with Gasteiger partial charge in [0.15, 0.2) is 45.0 Å². The van der Waals surface area contributed by atoms with Crippen LogP contribution < -0.4 is 63.9 Å². The summed E-state index contributed by atoms with van der Waals surface area (Å²) < 4.78 is 35.6. The number of carbonyl (C=O) groups excluding carboxylic acids is 4. The van der Waals surface area contributed by atoms with Crippen LogP contribution in [0.2, 0.25) is 10.3 Å². The number of amides is 6. The van der Waals surface area contributed by atoms with E-state index < -0.39 is 11.8 Å². The van der Waals surface area contributed by atoms with Crippen LogP contribution in [0.3, 0.4) is 0 Å². The summed E-state index contributed by atoms with van der Waals surface area (Å²) in [5.41, 5.74) is 19.9. The maximum atomic E-state index is 13.0. The third-order valence-electron chi connectivity index (χ3n) is 14.9. The van der Waals surface area contributed by atoms with E-state index >= 15 is 0 Å². The van der Waals surface area contributed by atoms with Gasteiger partial charge in [-0.05, 0) is 61.1 Å². The lowest BCUT2D eigenvalue weighted by atomic mass is 10.1. The topological polar surface area (TPSA) is 337 Å². The summed E-state index contributed by atoms with van der Waals surface area (Å²) in [5, 5.41) is 20.0. The number of quaternary nitrogens is 2. The van der Waals surface area contributed by atoms with E-state index in [2.05, 4.69) is 123 Å². The monoisotopic (exact) mass is 1290 g/mol. The molecule has 4 rings (SSSR count). The molecule has 4 aromatic rings. The number of rotatable bonds is 46. The van der Waals surface area contributed by atoms with Gasteiger partial charge in [-0.2, -0.15) is 0 Å². The maximum absolute atomic E-state index is 13.0. The van der Waals surface area contributed by atoms with Crippen LogP contribution in [-0.2, 0) is 31.8 Å². The minimum Gasteiger partial charge on any atom is -0.491 e. The zero-order valence-corrected chi connectivity index (χ0v) is 54.8. The average molecular weight is 1290 g/mol. The van der Waals surface area contributed by atoms with Crippen LogP contribution >= 0.6 is 23.2 Å². The number of ether oxygens (including phenoxy) is 6. The Bertz CT molecular complexity index is 2720. The fourth-order valence-corrected chi connectivity index (χ4v) is 9.95. The molecule has 13 N–H and O–H groups in total. The molecule has 2 aromatic heterocycles. The number of nitrogens with two attached hydrogens (primary N) is 3. The second-order valence-electron chi connectivity index (χ2n) is 22.5. The van der Waals surface area contributed by atoms with Gasteiger partial charge in [-0.25, -0.2) is 29.5 Å². The van der Waals surface area contributed by atoms with Crippen molar-refractivity contribution < 1.29 is 56.6 Å². The highest BCUT2D eigenvalue weighted by molar-refractivity contribution is 6.32. The van der Waals surface area contributed by atoms with Gasteiger partial charge in [-0.1, -0.05) is 74.2 Å². The molecule has 2 aromatic carbocycles. The molecule has 0 saturated carbocycles. The van der Waals surface area contributed by atoms with Gasteiger partial charge in [0.1, 0.15) is 36.8 Å². The second kappa shape index (κ2) is 41.5. The molecule has 6 amide bonds. The highest BCUT2D eigenvalue weighted by atomic mass is 35.5. The third-order valence-corrected chi connectivity index (χ3v) is 15.4. The molecule has 0 radical (unpaired) electrons. The summed E-state index contributed by atoms with van der Waals surface area (Å²) in [7, 11) is 10.4. The molecule has 2 heterocycles. The highest BCUT2D eigenvalue weighted by Gasteiger charge is 2.30. The summed E-state index contributed by atoms with van der Waals surface area (Å²) in [6, 6.07) is 16.0. The third kappa shape index (κ3) is 29.2. The Morgan fingerprint density at radius 1 is 0.483 bits per heavy atom. The highest BCUT2D eigenvalue weighted by Crippen LogP contribution is 2.23. The summed E-state index contributed by atoms with van der Waals surface area (Å²) in [4.78, 5) is 66.3. The first-order valence-corrected chi connectivity index (χ1v) is 31.6. The van der Waals surface area contributed by atoms with Gasteiger partial charge in [0.2, 0.25) is 0 Å². The van der Waals surface area contributed by atoms with Gasteiger partial charge in [0, 0.05) is 58.9 Å². The Kier molecular flexibility index (Phi) is 34.8. The zero-order chi connectivity index (χ0) is 64.9. The second-order valence-corrected chi connectivity index (χ2v) is 23.2. The van der Waals surface area contributed by atoms with E-state index in [0.717, 1.165) is 84.9 Å². The Balaban J connectivity index is 0.892. The maximum Gasteiger partial charge on any atom is 0.314 e. The molecule has 0 saturated heterocycles. The number of unbranched alkanes of at least 4 members (excludes halogenated alkanes) is 1. The summed E-state index contributed by atoms with van der Waals surface area (Å²) in [5.74, 6) is 0.978. The molecule has 0 aliphatic heterocycles. The van der Waals surface area contributed by atoms with Crippen molar-refractivity contribution in [3.05, 3.63) is 81.4 Å².